The number of fused-ring (bicyclic) bond motifs is 1. The molecule has 2 heterocycles. The molecule has 0 saturated heterocycles. The molecule has 0 amide bonds. The van der Waals surface area contributed by atoms with Crippen LogP contribution in [0.5, 0.6) is 5.75 Å². The van der Waals surface area contributed by atoms with Crippen LogP contribution in [0.1, 0.15) is 37.7 Å². The van der Waals surface area contributed by atoms with Crippen LogP contribution in [-0.2, 0) is 6.18 Å². The molecule has 8 heteroatoms. The second-order valence-corrected chi connectivity index (χ2v) is 7.87. The monoisotopic (exact) mass is 407 g/mol. The Morgan fingerprint density at radius 1 is 1.11 bits per heavy atom. The fraction of sp³-hybridized carbons (Fsp3) is 0.400. The van der Waals surface area contributed by atoms with Gasteiger partial charge in [0.25, 0.3) is 0 Å². The smallest absolute Gasteiger partial charge is 0.416 e. The standard InChI is InChI=1S/C20H20F3N3OS/c1-27-16-11-12(20(21,22)23)7-8-14(16)17-15-9-10-28-18(15)19(26-25-17)24-13-5-3-2-4-6-13/h7-11,13H,2-6H2,1H3,(H,24,26). The van der Waals surface area contributed by atoms with Crippen molar-refractivity contribution in [3.05, 3.63) is 35.2 Å². The number of alkyl halides is 3. The highest BCUT2D eigenvalue weighted by atomic mass is 32.1. The van der Waals surface area contributed by atoms with Gasteiger partial charge in [-0.15, -0.1) is 21.5 Å². The fourth-order valence-electron chi connectivity index (χ4n) is 3.68. The van der Waals surface area contributed by atoms with E-state index in [9.17, 15) is 13.2 Å². The van der Waals surface area contributed by atoms with Crippen LogP contribution in [0.2, 0.25) is 0 Å². The van der Waals surface area contributed by atoms with Gasteiger partial charge in [-0.3, -0.25) is 0 Å². The first-order chi connectivity index (χ1) is 13.5. The van der Waals surface area contributed by atoms with Gasteiger partial charge in [0.15, 0.2) is 5.82 Å². The molecule has 0 unspecified atom stereocenters. The first kappa shape index (κ1) is 19.0. The second-order valence-electron chi connectivity index (χ2n) is 6.95. The van der Waals surface area contributed by atoms with Crippen molar-refractivity contribution in [2.24, 2.45) is 0 Å². The van der Waals surface area contributed by atoms with Gasteiger partial charge in [0.1, 0.15) is 11.4 Å². The Bertz CT molecular complexity index is 980. The SMILES string of the molecule is COc1cc(C(F)(F)F)ccc1-c1nnc(NC2CCCCC2)c2sccc12. The normalized spacial score (nSPS) is 15.7. The molecule has 2 aromatic heterocycles. The maximum absolute atomic E-state index is 13.0. The summed E-state index contributed by atoms with van der Waals surface area (Å²) < 4.78 is 45.3. The molecule has 0 bridgehead atoms. The highest BCUT2D eigenvalue weighted by Crippen LogP contribution is 2.40. The summed E-state index contributed by atoms with van der Waals surface area (Å²) in [6.07, 6.45) is 1.49. The quantitative estimate of drug-likeness (QED) is 0.565. The largest absolute Gasteiger partial charge is 0.496 e. The second kappa shape index (κ2) is 7.58. The van der Waals surface area contributed by atoms with Gasteiger partial charge in [-0.2, -0.15) is 13.2 Å². The molecule has 0 spiro atoms. The van der Waals surface area contributed by atoms with Gasteiger partial charge in [-0.25, -0.2) is 0 Å². The molecule has 1 fully saturated rings. The van der Waals surface area contributed by atoms with E-state index in [1.807, 2.05) is 11.4 Å². The third kappa shape index (κ3) is 3.65. The average molecular weight is 407 g/mol. The van der Waals surface area contributed by atoms with E-state index in [-0.39, 0.29) is 5.75 Å². The van der Waals surface area contributed by atoms with Crippen molar-refractivity contribution in [2.45, 2.75) is 44.3 Å². The summed E-state index contributed by atoms with van der Waals surface area (Å²) in [6.45, 7) is 0. The number of benzene rings is 1. The molecule has 28 heavy (non-hydrogen) atoms. The first-order valence-electron chi connectivity index (χ1n) is 9.23. The van der Waals surface area contributed by atoms with Gasteiger partial charge in [0.05, 0.1) is 17.4 Å². The van der Waals surface area contributed by atoms with Crippen molar-refractivity contribution in [3.63, 3.8) is 0 Å². The Morgan fingerprint density at radius 2 is 1.89 bits per heavy atom. The van der Waals surface area contributed by atoms with Crippen molar-refractivity contribution >= 4 is 27.2 Å². The van der Waals surface area contributed by atoms with E-state index in [4.69, 9.17) is 4.74 Å². The first-order valence-corrected chi connectivity index (χ1v) is 10.1. The van der Waals surface area contributed by atoms with Crippen molar-refractivity contribution in [2.75, 3.05) is 12.4 Å². The summed E-state index contributed by atoms with van der Waals surface area (Å²) >= 11 is 1.55. The number of ether oxygens (including phenoxy) is 1. The minimum Gasteiger partial charge on any atom is -0.496 e. The van der Waals surface area contributed by atoms with Crippen molar-refractivity contribution in [3.8, 4) is 17.0 Å². The zero-order chi connectivity index (χ0) is 19.7. The average Bonchev–Trinajstić information content (AvgIpc) is 3.18. The number of anilines is 1. The number of rotatable bonds is 4. The lowest BCUT2D eigenvalue weighted by Gasteiger charge is -2.23. The Kier molecular flexibility index (Phi) is 5.14. The number of aromatic nitrogens is 2. The molecule has 4 rings (SSSR count). The van der Waals surface area contributed by atoms with Crippen LogP contribution < -0.4 is 10.1 Å². The van der Waals surface area contributed by atoms with E-state index in [0.29, 0.717) is 17.3 Å². The van der Waals surface area contributed by atoms with Crippen LogP contribution in [0.15, 0.2) is 29.6 Å². The molecule has 0 aliphatic heterocycles. The van der Waals surface area contributed by atoms with E-state index < -0.39 is 11.7 Å². The molecule has 3 aromatic rings. The molecule has 1 N–H and O–H groups in total. The number of nitrogens with one attached hydrogen (secondary N) is 1. The third-order valence-corrected chi connectivity index (χ3v) is 6.04. The zero-order valence-corrected chi connectivity index (χ0v) is 16.2. The van der Waals surface area contributed by atoms with Gasteiger partial charge in [0.2, 0.25) is 0 Å². The summed E-state index contributed by atoms with van der Waals surface area (Å²) in [5.41, 5.74) is 0.268. The van der Waals surface area contributed by atoms with Crippen molar-refractivity contribution < 1.29 is 17.9 Å². The summed E-state index contributed by atoms with van der Waals surface area (Å²) in [7, 11) is 1.36. The zero-order valence-electron chi connectivity index (χ0n) is 15.3. The molecular formula is C20H20F3N3OS. The lowest BCUT2D eigenvalue weighted by atomic mass is 9.95. The highest BCUT2D eigenvalue weighted by molar-refractivity contribution is 7.17. The molecular weight excluding hydrogens is 387 g/mol. The molecule has 0 radical (unpaired) electrons. The number of nitrogens with zero attached hydrogens (tertiary/aromatic N) is 2. The van der Waals surface area contributed by atoms with E-state index in [2.05, 4.69) is 15.5 Å². The maximum Gasteiger partial charge on any atom is 0.416 e. The molecule has 148 valence electrons. The lowest BCUT2D eigenvalue weighted by Crippen LogP contribution is -2.23. The van der Waals surface area contributed by atoms with Crippen LogP contribution in [0.3, 0.4) is 0 Å². The molecule has 0 atom stereocenters. The summed E-state index contributed by atoms with van der Waals surface area (Å²) in [4.78, 5) is 0. The molecule has 1 aliphatic carbocycles. The Balaban J connectivity index is 1.74. The van der Waals surface area contributed by atoms with Crippen LogP contribution in [0, 0.1) is 0 Å². The topological polar surface area (TPSA) is 47.0 Å². The van der Waals surface area contributed by atoms with Crippen LogP contribution >= 0.6 is 11.3 Å². The number of halogens is 3. The van der Waals surface area contributed by atoms with Gasteiger partial charge in [-0.05, 0) is 42.5 Å². The van der Waals surface area contributed by atoms with Gasteiger partial charge >= 0.3 is 6.18 Å². The maximum atomic E-state index is 13.0. The number of hydrogen-bond acceptors (Lipinski definition) is 5. The molecule has 1 aromatic carbocycles. The van der Waals surface area contributed by atoms with Crippen molar-refractivity contribution in [1.29, 1.82) is 0 Å². The third-order valence-electron chi connectivity index (χ3n) is 5.12. The lowest BCUT2D eigenvalue weighted by molar-refractivity contribution is -0.137. The summed E-state index contributed by atoms with van der Waals surface area (Å²) in [5.74, 6) is 0.871. The van der Waals surface area contributed by atoms with Crippen LogP contribution in [0.25, 0.3) is 21.3 Å². The van der Waals surface area contributed by atoms with Crippen LogP contribution in [0.4, 0.5) is 19.0 Å². The van der Waals surface area contributed by atoms with E-state index in [0.717, 1.165) is 40.9 Å². The predicted octanol–water partition coefficient (Wildman–Crippen LogP) is 6.13. The number of thiophene rings is 1. The Hall–Kier alpha value is -2.35. The van der Waals surface area contributed by atoms with Gasteiger partial charge in [-0.1, -0.05) is 19.3 Å². The highest BCUT2D eigenvalue weighted by Gasteiger charge is 2.31. The van der Waals surface area contributed by atoms with E-state index in [1.54, 1.807) is 11.3 Å². The minimum absolute atomic E-state index is 0.129. The fourth-order valence-corrected chi connectivity index (χ4v) is 4.52. The van der Waals surface area contributed by atoms with Gasteiger partial charge in [0, 0.05) is 17.0 Å². The molecule has 4 nitrogen and oxygen atoms in total. The Labute approximate surface area is 164 Å². The number of hydrogen-bond donors (Lipinski definition) is 1. The Morgan fingerprint density at radius 3 is 2.61 bits per heavy atom. The van der Waals surface area contributed by atoms with Gasteiger partial charge < -0.3 is 10.1 Å². The molecule has 1 aliphatic rings. The summed E-state index contributed by atoms with van der Waals surface area (Å²) in [5, 5.41) is 15.0. The van der Waals surface area contributed by atoms with Crippen LogP contribution in [-0.4, -0.2) is 23.3 Å². The molecule has 1 saturated carbocycles. The summed E-state index contributed by atoms with van der Waals surface area (Å²) in [6, 6.07) is 5.76. The van der Waals surface area contributed by atoms with E-state index in [1.165, 1.54) is 32.4 Å². The number of methoxy groups -OCH3 is 1. The predicted molar refractivity (Wildman–Crippen MR) is 105 cm³/mol. The van der Waals surface area contributed by atoms with E-state index >= 15 is 0 Å². The van der Waals surface area contributed by atoms with Crippen molar-refractivity contribution in [1.82, 2.24) is 10.2 Å². The minimum atomic E-state index is -4.43.